The number of hydroxylamine groups is 1. The molecule has 0 radical (unpaired) electrons. The number of hydrogen-bond donors (Lipinski definition) is 1. The average molecular weight is 551 g/mol. The lowest BCUT2D eigenvalue weighted by atomic mass is 9.93. The minimum Gasteiger partial charge on any atom is -0.327 e. The predicted molar refractivity (Wildman–Crippen MR) is 128 cm³/mol. The molecule has 2 aromatic carbocycles. The lowest BCUT2D eigenvalue weighted by Crippen LogP contribution is -2.41. The number of carbonyl (C=O) groups is 2. The fourth-order valence-electron chi connectivity index (χ4n) is 4.22. The molecule has 1 amide bonds. The van der Waals surface area contributed by atoms with Crippen LogP contribution >= 0.6 is 0 Å². The normalized spacial score (nSPS) is 13.3. The van der Waals surface area contributed by atoms with Gasteiger partial charge in [0.1, 0.15) is 6.33 Å². The zero-order chi connectivity index (χ0) is 28.5. The molecule has 206 valence electrons. The van der Waals surface area contributed by atoms with E-state index in [1.165, 1.54) is 10.9 Å². The van der Waals surface area contributed by atoms with Crippen molar-refractivity contribution in [2.24, 2.45) is 5.73 Å². The summed E-state index contributed by atoms with van der Waals surface area (Å²) >= 11 is 0. The van der Waals surface area contributed by atoms with Crippen LogP contribution in [0.1, 0.15) is 23.1 Å². The number of carbonyl (C=O) groups excluding carboxylic acids is 2. The number of amides is 1. The summed E-state index contributed by atoms with van der Waals surface area (Å²) in [6.07, 6.45) is -5.91. The highest BCUT2D eigenvalue weighted by molar-refractivity contribution is 5.98. The van der Waals surface area contributed by atoms with Crippen molar-refractivity contribution in [1.29, 1.82) is 0 Å². The van der Waals surface area contributed by atoms with Crippen molar-refractivity contribution < 1.29 is 36.4 Å². The largest absolute Gasteiger partial charge is 0.493 e. The minimum atomic E-state index is -5.27. The molecule has 4 rings (SSSR count). The molecule has 1 aromatic heterocycles. The van der Waals surface area contributed by atoms with Crippen LogP contribution in [-0.2, 0) is 33.9 Å². The summed E-state index contributed by atoms with van der Waals surface area (Å²) in [4.78, 5) is 40.7. The van der Waals surface area contributed by atoms with Gasteiger partial charge in [0, 0.05) is 18.5 Å². The Morgan fingerprint density at radius 2 is 1.85 bits per heavy atom. The Morgan fingerprint density at radius 3 is 2.51 bits per heavy atom. The minimum absolute atomic E-state index is 0.0818. The number of fused-ring (bicyclic) bond motifs is 1. The van der Waals surface area contributed by atoms with E-state index in [1.807, 2.05) is 0 Å². The Kier molecular flexibility index (Phi) is 7.67. The standard InChI is InChI=1S/C25H22F5N5O4/c1-14-7-18(9-17-5-6-20(36)35(21(14)17)39-23(37)25(28,29)30)16-4-2-3-15(8-16)11-33-13-32-34(24(33)38)12-19(10-31)22(26)27/h2-4,7-9,13H,5-6,10-12,31H2,1H3. The molecule has 0 unspecified atom stereocenters. The molecule has 9 nitrogen and oxygen atoms in total. The maximum atomic E-state index is 12.9. The number of nitrogens with zero attached hydrogens (tertiary/aromatic N) is 4. The monoisotopic (exact) mass is 551 g/mol. The van der Waals surface area contributed by atoms with E-state index >= 15 is 0 Å². The van der Waals surface area contributed by atoms with Gasteiger partial charge in [-0.15, -0.1) is 5.06 Å². The summed E-state index contributed by atoms with van der Waals surface area (Å²) < 4.78 is 66.2. The zero-order valence-electron chi connectivity index (χ0n) is 20.5. The van der Waals surface area contributed by atoms with Gasteiger partial charge in [0.25, 0.3) is 12.0 Å². The van der Waals surface area contributed by atoms with Crippen molar-refractivity contribution in [2.75, 3.05) is 11.6 Å². The number of hydrogen-bond acceptors (Lipinski definition) is 6. The van der Waals surface area contributed by atoms with E-state index in [0.29, 0.717) is 32.9 Å². The molecule has 39 heavy (non-hydrogen) atoms. The van der Waals surface area contributed by atoms with Crippen LogP contribution in [0.2, 0.25) is 0 Å². The van der Waals surface area contributed by atoms with Gasteiger partial charge in [-0.2, -0.15) is 27.1 Å². The van der Waals surface area contributed by atoms with Crippen molar-refractivity contribution >= 4 is 17.6 Å². The summed E-state index contributed by atoms with van der Waals surface area (Å²) in [5.74, 6) is -3.27. The third kappa shape index (κ3) is 5.90. The van der Waals surface area contributed by atoms with Gasteiger partial charge in [-0.1, -0.05) is 18.2 Å². The van der Waals surface area contributed by atoms with Gasteiger partial charge < -0.3 is 10.6 Å². The smallest absolute Gasteiger partial charge is 0.327 e. The van der Waals surface area contributed by atoms with Gasteiger partial charge in [-0.05, 0) is 59.4 Å². The lowest BCUT2D eigenvalue weighted by molar-refractivity contribution is -0.201. The predicted octanol–water partition coefficient (Wildman–Crippen LogP) is 3.48. The first kappa shape index (κ1) is 27.7. The molecular weight excluding hydrogens is 529 g/mol. The molecule has 2 heterocycles. The van der Waals surface area contributed by atoms with Crippen LogP contribution in [0.5, 0.6) is 0 Å². The fourth-order valence-corrected chi connectivity index (χ4v) is 4.22. The van der Waals surface area contributed by atoms with E-state index in [-0.39, 0.29) is 25.1 Å². The molecule has 1 aliphatic rings. The molecule has 0 spiro atoms. The van der Waals surface area contributed by atoms with Gasteiger partial charge in [-0.25, -0.2) is 14.3 Å². The third-order valence-electron chi connectivity index (χ3n) is 6.09. The highest BCUT2D eigenvalue weighted by atomic mass is 19.4. The van der Waals surface area contributed by atoms with Gasteiger partial charge in [0.15, 0.2) is 0 Å². The molecule has 0 bridgehead atoms. The van der Waals surface area contributed by atoms with Crippen molar-refractivity contribution in [3.05, 3.63) is 81.6 Å². The van der Waals surface area contributed by atoms with Crippen LogP contribution in [0.15, 0.2) is 59.2 Å². The summed E-state index contributed by atoms with van der Waals surface area (Å²) in [6, 6.07) is 10.4. The molecular formula is C25H22F5N5O4. The van der Waals surface area contributed by atoms with E-state index < -0.39 is 48.5 Å². The Labute approximate surface area is 217 Å². The number of rotatable bonds is 7. The summed E-state index contributed by atoms with van der Waals surface area (Å²) in [7, 11) is 0. The van der Waals surface area contributed by atoms with Crippen LogP contribution in [0, 0.1) is 6.92 Å². The quantitative estimate of drug-likeness (QED) is 0.450. The van der Waals surface area contributed by atoms with E-state index in [9.17, 15) is 36.3 Å². The van der Waals surface area contributed by atoms with Gasteiger partial charge in [0.05, 0.1) is 18.8 Å². The third-order valence-corrected chi connectivity index (χ3v) is 6.09. The van der Waals surface area contributed by atoms with Crippen LogP contribution in [0.4, 0.5) is 27.6 Å². The Morgan fingerprint density at radius 1 is 1.10 bits per heavy atom. The summed E-state index contributed by atoms with van der Waals surface area (Å²) in [6.45, 7) is 0.820. The second kappa shape index (κ2) is 10.8. The number of aryl methyl sites for hydroxylation is 2. The first-order valence-electron chi connectivity index (χ1n) is 11.6. The summed E-state index contributed by atoms with van der Waals surface area (Å²) in [5, 5.41) is 4.27. The number of alkyl halides is 3. The van der Waals surface area contributed by atoms with E-state index in [2.05, 4.69) is 9.94 Å². The van der Waals surface area contributed by atoms with Crippen LogP contribution in [0.25, 0.3) is 11.1 Å². The van der Waals surface area contributed by atoms with E-state index in [1.54, 1.807) is 43.3 Å². The van der Waals surface area contributed by atoms with Gasteiger partial charge >= 0.3 is 17.8 Å². The topological polar surface area (TPSA) is 112 Å². The van der Waals surface area contributed by atoms with Crippen LogP contribution in [0.3, 0.4) is 0 Å². The van der Waals surface area contributed by atoms with Crippen molar-refractivity contribution in [1.82, 2.24) is 14.3 Å². The van der Waals surface area contributed by atoms with Gasteiger partial charge in [0.2, 0.25) is 0 Å². The first-order chi connectivity index (χ1) is 18.4. The highest BCUT2D eigenvalue weighted by Crippen LogP contribution is 2.36. The summed E-state index contributed by atoms with van der Waals surface area (Å²) in [5.41, 5.74) is 7.40. The zero-order valence-corrected chi connectivity index (χ0v) is 20.5. The molecule has 0 atom stereocenters. The number of halogens is 5. The maximum Gasteiger partial charge on any atom is 0.493 e. The lowest BCUT2D eigenvalue weighted by Gasteiger charge is -2.29. The molecule has 3 aromatic rings. The second-order valence-electron chi connectivity index (χ2n) is 8.83. The number of nitrogens with two attached hydrogens (primary N) is 1. The Bertz CT molecular complexity index is 1520. The molecule has 0 fully saturated rings. The van der Waals surface area contributed by atoms with Crippen LogP contribution < -0.4 is 16.5 Å². The molecule has 0 aliphatic carbocycles. The SMILES string of the molecule is Cc1cc(-c2cccc(Cn3cnn(CC(CN)=C(F)F)c3=O)c2)cc2c1N(OC(=O)C(F)(F)F)C(=O)CC2. The molecule has 0 saturated carbocycles. The first-order valence-corrected chi connectivity index (χ1v) is 11.6. The fraction of sp³-hybridized carbons (Fsp3) is 0.280. The molecule has 1 aliphatic heterocycles. The number of aromatic nitrogens is 3. The van der Waals surface area contributed by atoms with Crippen molar-refractivity contribution in [3.63, 3.8) is 0 Å². The Balaban J connectivity index is 1.60. The second-order valence-corrected chi connectivity index (χ2v) is 8.83. The van der Waals surface area contributed by atoms with Crippen molar-refractivity contribution in [3.8, 4) is 11.1 Å². The molecule has 2 N–H and O–H groups in total. The van der Waals surface area contributed by atoms with Crippen molar-refractivity contribution in [2.45, 2.75) is 39.0 Å². The van der Waals surface area contributed by atoms with E-state index in [0.717, 1.165) is 4.68 Å². The number of anilines is 1. The molecule has 14 heteroatoms. The van der Waals surface area contributed by atoms with E-state index in [4.69, 9.17) is 5.73 Å². The Hall–Kier alpha value is -4.33. The average Bonchev–Trinajstić information content (AvgIpc) is 3.21. The molecule has 0 saturated heterocycles. The van der Waals surface area contributed by atoms with Crippen LogP contribution in [-0.4, -0.2) is 38.9 Å². The van der Waals surface area contributed by atoms with Gasteiger partial charge in [-0.3, -0.25) is 9.36 Å². The number of benzene rings is 2. The highest BCUT2D eigenvalue weighted by Gasteiger charge is 2.44. The maximum absolute atomic E-state index is 12.9.